The first-order chi connectivity index (χ1) is 2.50. The van der Waals surface area contributed by atoms with Crippen LogP contribution in [0.2, 0.25) is 8.35 Å². The molecule has 1 radical (unpaired) electrons. The van der Waals surface area contributed by atoms with E-state index in [1.54, 1.807) is 21.2 Å². The van der Waals surface area contributed by atoms with Crippen molar-refractivity contribution in [1.29, 1.82) is 0 Å². The number of hydrogen-bond acceptors (Lipinski definition) is 0. The van der Waals surface area contributed by atoms with Crippen molar-refractivity contribution < 1.29 is 0 Å². The van der Waals surface area contributed by atoms with Gasteiger partial charge in [0.25, 0.3) is 0 Å². The average Bonchev–Trinajstić information content (AvgIpc) is 1.76. The van der Waals surface area contributed by atoms with Crippen molar-refractivity contribution in [2.24, 2.45) is 0 Å². The first-order valence-electron chi connectivity index (χ1n) is 2.32. The second kappa shape index (κ2) is 2.12. The fourth-order valence-corrected chi connectivity index (χ4v) is 4.84. The molecule has 0 aromatic rings. The van der Waals surface area contributed by atoms with Crippen molar-refractivity contribution in [2.45, 2.75) is 21.2 Å². The molecule has 0 amide bonds. The van der Waals surface area contributed by atoms with Crippen molar-refractivity contribution in [3.63, 3.8) is 0 Å². The second-order valence-corrected chi connectivity index (χ2v) is 6.52. The van der Waals surface area contributed by atoms with Gasteiger partial charge in [0.15, 0.2) is 0 Å². The summed E-state index contributed by atoms with van der Waals surface area (Å²) in [6.07, 6.45) is 3.17. The monoisotopic (exact) mass is 171 g/mol. The molecule has 1 rings (SSSR count). The fourth-order valence-electron chi connectivity index (χ4n) is 0.722. The van der Waals surface area contributed by atoms with Crippen molar-refractivity contribution in [2.75, 3.05) is 0 Å². The van der Waals surface area contributed by atoms with Crippen LogP contribution in [0.3, 0.4) is 0 Å². The molecule has 0 N–H and O–H groups in total. The summed E-state index contributed by atoms with van der Waals surface area (Å²) in [4.78, 5) is 0. The normalized spacial score (nSPS) is 22.4. The summed E-state index contributed by atoms with van der Waals surface area (Å²) in [5, 5.41) is 0. The Balaban J connectivity index is 2.08. The molecule has 1 fully saturated rings. The first kappa shape index (κ1) is 4.04. The zero-order valence-corrected chi connectivity index (χ0v) is 6.70. The molecule has 0 aromatic carbocycles. The van der Waals surface area contributed by atoms with Crippen LogP contribution in [-0.2, 0) is 0 Å². The van der Waals surface area contributed by atoms with E-state index in [1.807, 2.05) is 0 Å². The SMILES string of the molecule is C1C[CH2][In][CH2]1. The van der Waals surface area contributed by atoms with Gasteiger partial charge in [0, 0.05) is 0 Å². The predicted octanol–water partition coefficient (Wildman–Crippen LogP) is 1.32. The molecule has 0 aliphatic carbocycles. The van der Waals surface area contributed by atoms with Gasteiger partial charge >= 0.3 is 44.1 Å². The summed E-state index contributed by atoms with van der Waals surface area (Å²) < 4.78 is 3.38. The minimum absolute atomic E-state index is 0.191. The van der Waals surface area contributed by atoms with Crippen LogP contribution >= 0.6 is 0 Å². The Morgan fingerprint density at radius 2 is 1.60 bits per heavy atom. The second-order valence-electron chi connectivity index (χ2n) is 1.57. The summed E-state index contributed by atoms with van der Waals surface area (Å²) in [5.41, 5.74) is 0. The third-order valence-corrected chi connectivity index (χ3v) is 5.73. The van der Waals surface area contributed by atoms with Gasteiger partial charge in [-0.25, -0.2) is 0 Å². The van der Waals surface area contributed by atoms with Crippen molar-refractivity contribution in [1.82, 2.24) is 0 Å². The van der Waals surface area contributed by atoms with Crippen LogP contribution in [0.25, 0.3) is 0 Å². The van der Waals surface area contributed by atoms with Crippen molar-refractivity contribution in [3.05, 3.63) is 0 Å². The summed E-state index contributed by atoms with van der Waals surface area (Å²) >= 11 is 0.191. The van der Waals surface area contributed by atoms with Crippen molar-refractivity contribution >= 4 is 22.9 Å². The molecule has 27 valence electrons. The molecule has 0 saturated carbocycles. The Hall–Kier alpha value is 0.870. The number of rotatable bonds is 0. The van der Waals surface area contributed by atoms with E-state index in [4.69, 9.17) is 0 Å². The van der Waals surface area contributed by atoms with Gasteiger partial charge in [-0.15, -0.1) is 0 Å². The third kappa shape index (κ3) is 1.16. The molecule has 5 heavy (non-hydrogen) atoms. The summed E-state index contributed by atoms with van der Waals surface area (Å²) in [6.45, 7) is 0. The Morgan fingerprint density at radius 1 is 1.00 bits per heavy atom. The molecule has 0 bridgehead atoms. The van der Waals surface area contributed by atoms with Crippen molar-refractivity contribution in [3.8, 4) is 0 Å². The molecule has 0 aromatic heterocycles. The molecule has 1 saturated heterocycles. The van der Waals surface area contributed by atoms with E-state index in [1.165, 1.54) is 0 Å². The van der Waals surface area contributed by atoms with Gasteiger partial charge in [-0.05, 0) is 0 Å². The Morgan fingerprint density at radius 3 is 1.80 bits per heavy atom. The van der Waals surface area contributed by atoms with E-state index in [9.17, 15) is 0 Å². The van der Waals surface area contributed by atoms with E-state index in [0.717, 1.165) is 0 Å². The van der Waals surface area contributed by atoms with Crippen LogP contribution in [0, 0.1) is 0 Å². The molecule has 0 unspecified atom stereocenters. The summed E-state index contributed by atoms with van der Waals surface area (Å²) in [7, 11) is 0. The zero-order chi connectivity index (χ0) is 3.54. The predicted molar refractivity (Wildman–Crippen MR) is 24.6 cm³/mol. The van der Waals surface area contributed by atoms with E-state index < -0.39 is 0 Å². The van der Waals surface area contributed by atoms with E-state index in [2.05, 4.69) is 0 Å². The Kier molecular flexibility index (Phi) is 1.71. The van der Waals surface area contributed by atoms with Crippen LogP contribution in [0.15, 0.2) is 0 Å². The van der Waals surface area contributed by atoms with E-state index in [0.29, 0.717) is 0 Å². The molecule has 1 heteroatoms. The van der Waals surface area contributed by atoms with Gasteiger partial charge in [0.05, 0.1) is 0 Å². The molecule has 0 atom stereocenters. The fraction of sp³-hybridized carbons (Fsp3) is 1.00. The van der Waals surface area contributed by atoms with Gasteiger partial charge in [-0.3, -0.25) is 0 Å². The van der Waals surface area contributed by atoms with Gasteiger partial charge in [-0.1, -0.05) is 0 Å². The van der Waals surface area contributed by atoms with Gasteiger partial charge in [0.2, 0.25) is 0 Å². The van der Waals surface area contributed by atoms with Gasteiger partial charge in [0.1, 0.15) is 0 Å². The molecule has 0 nitrogen and oxygen atoms in total. The third-order valence-electron chi connectivity index (χ3n) is 1.07. The van der Waals surface area contributed by atoms with Gasteiger partial charge in [-0.2, -0.15) is 0 Å². The maximum absolute atomic E-state index is 1.69. The van der Waals surface area contributed by atoms with Crippen LogP contribution in [0.1, 0.15) is 12.8 Å². The average molecular weight is 171 g/mol. The molecule has 0 spiro atoms. The number of hydrogen-bond donors (Lipinski definition) is 0. The standard InChI is InChI=1S/C4H8.In/c1-3-4-2;/h1-4H2;. The summed E-state index contributed by atoms with van der Waals surface area (Å²) in [6, 6.07) is 0. The van der Waals surface area contributed by atoms with E-state index in [-0.39, 0.29) is 22.9 Å². The summed E-state index contributed by atoms with van der Waals surface area (Å²) in [5.74, 6) is 0. The maximum atomic E-state index is 1.69. The van der Waals surface area contributed by atoms with Crippen LogP contribution < -0.4 is 0 Å². The Labute approximate surface area is 44.3 Å². The van der Waals surface area contributed by atoms with Crippen LogP contribution in [0.4, 0.5) is 0 Å². The molecule has 1 aliphatic heterocycles. The molecular formula is C4H8In. The quantitative estimate of drug-likeness (QED) is 0.515. The first-order valence-corrected chi connectivity index (χ1v) is 6.98. The van der Waals surface area contributed by atoms with Gasteiger partial charge < -0.3 is 0 Å². The minimum atomic E-state index is 0.191. The van der Waals surface area contributed by atoms with Crippen LogP contribution in [0.5, 0.6) is 0 Å². The molecular weight excluding hydrogens is 163 g/mol. The molecule has 1 aliphatic rings. The van der Waals surface area contributed by atoms with E-state index >= 15 is 0 Å². The zero-order valence-electron chi connectivity index (χ0n) is 3.41. The van der Waals surface area contributed by atoms with Crippen LogP contribution in [-0.4, -0.2) is 22.9 Å². The Bertz CT molecular complexity index is 15.2. The topological polar surface area (TPSA) is 0 Å². The molecule has 1 heterocycles.